The number of hydrogen-bond acceptors (Lipinski definition) is 5. The number of nitrogens with one attached hydrogen (secondary N) is 2. The molecule has 1 atom stereocenters. The fourth-order valence-electron chi connectivity index (χ4n) is 4.49. The molecule has 0 bridgehead atoms. The molecule has 1 unspecified atom stereocenters. The summed E-state index contributed by atoms with van der Waals surface area (Å²) in [5, 5.41) is 14.5. The van der Waals surface area contributed by atoms with Crippen molar-refractivity contribution >= 4 is 46.3 Å². The van der Waals surface area contributed by atoms with Gasteiger partial charge in [0.15, 0.2) is 11.5 Å². The molecular weight excluding hydrogens is 487 g/mol. The molecule has 1 saturated carbocycles. The van der Waals surface area contributed by atoms with Crippen LogP contribution in [0.2, 0.25) is 5.02 Å². The van der Waals surface area contributed by atoms with E-state index in [2.05, 4.69) is 15.3 Å². The number of carbonyl (C=O) groups excluding carboxylic acids is 2. The number of aromatic amines is 1. The molecule has 2 aliphatic rings. The summed E-state index contributed by atoms with van der Waals surface area (Å²) in [6.07, 6.45) is 1.51. The topological polar surface area (TPSA) is 108 Å². The van der Waals surface area contributed by atoms with E-state index in [4.69, 9.17) is 16.3 Å². The van der Waals surface area contributed by atoms with E-state index in [1.807, 2.05) is 0 Å². The van der Waals surface area contributed by atoms with Gasteiger partial charge in [0.25, 0.3) is 5.91 Å². The number of benzene rings is 3. The molecule has 1 aliphatic heterocycles. The Morgan fingerprint density at radius 1 is 1.22 bits per heavy atom. The maximum atomic E-state index is 15.1. The molecular formula is C26H20ClFN4O4. The van der Waals surface area contributed by atoms with Crippen molar-refractivity contribution in [1.29, 1.82) is 0 Å². The second-order valence-corrected chi connectivity index (χ2v) is 9.32. The number of amides is 2. The number of carbonyl (C=O) groups is 2. The largest absolute Gasteiger partial charge is 0.449 e. The number of nitrogens with zero attached hydrogens (tertiary/aromatic N) is 2. The number of halogens is 2. The average Bonchev–Trinajstić information content (AvgIpc) is 3.57. The van der Waals surface area contributed by atoms with E-state index in [9.17, 15) is 14.7 Å². The number of aliphatic hydroxyl groups is 1. The minimum atomic E-state index is -2.03. The fraction of sp³-hybridized carbons (Fsp3) is 0.192. The third kappa shape index (κ3) is 3.59. The highest BCUT2D eigenvalue weighted by atomic mass is 35.5. The molecule has 36 heavy (non-hydrogen) atoms. The second-order valence-electron chi connectivity index (χ2n) is 8.92. The monoisotopic (exact) mass is 506 g/mol. The van der Waals surface area contributed by atoms with Gasteiger partial charge >= 0.3 is 6.09 Å². The van der Waals surface area contributed by atoms with Crippen LogP contribution in [-0.2, 0) is 10.5 Å². The van der Waals surface area contributed by atoms with E-state index in [-0.39, 0.29) is 22.2 Å². The predicted octanol–water partition coefficient (Wildman–Crippen LogP) is 5.17. The van der Waals surface area contributed by atoms with Crippen molar-refractivity contribution in [3.05, 3.63) is 88.2 Å². The molecule has 1 aromatic heterocycles. The standard InChI is InChI=1S/C26H20ClFN4O4/c27-18-6-3-7-21(22(18)28)32-23(33)16-4-1-2-5-17(16)26(32,35)15-10-11-19-20(12-15)30-24(29-19)31-25(34)36-13-14-8-9-14/h1-7,10-12,14,35H,8-9,13H2,(H2,29,30,31,34). The third-order valence-electron chi connectivity index (χ3n) is 6.48. The van der Waals surface area contributed by atoms with Gasteiger partial charge < -0.3 is 14.8 Å². The number of anilines is 2. The van der Waals surface area contributed by atoms with Crippen LogP contribution >= 0.6 is 11.6 Å². The first-order valence-electron chi connectivity index (χ1n) is 11.4. The first kappa shape index (κ1) is 22.5. The first-order chi connectivity index (χ1) is 17.4. The Morgan fingerprint density at radius 3 is 2.83 bits per heavy atom. The van der Waals surface area contributed by atoms with Gasteiger partial charge in [0.2, 0.25) is 5.95 Å². The number of fused-ring (bicyclic) bond motifs is 2. The molecule has 3 aromatic carbocycles. The van der Waals surface area contributed by atoms with Crippen LogP contribution < -0.4 is 10.2 Å². The minimum Gasteiger partial charge on any atom is -0.449 e. The summed E-state index contributed by atoms with van der Waals surface area (Å²) in [4.78, 5) is 33.8. The van der Waals surface area contributed by atoms with Gasteiger partial charge in [-0.2, -0.15) is 0 Å². The maximum absolute atomic E-state index is 15.1. The van der Waals surface area contributed by atoms with Crippen molar-refractivity contribution in [3.63, 3.8) is 0 Å². The van der Waals surface area contributed by atoms with Gasteiger partial charge in [-0.05, 0) is 49.1 Å². The maximum Gasteiger partial charge on any atom is 0.413 e. The Kier molecular flexibility index (Phi) is 5.20. The lowest BCUT2D eigenvalue weighted by atomic mass is 9.93. The molecule has 2 heterocycles. The minimum absolute atomic E-state index is 0.156. The summed E-state index contributed by atoms with van der Waals surface area (Å²) in [5.74, 6) is -0.785. The van der Waals surface area contributed by atoms with Gasteiger partial charge in [-0.25, -0.2) is 14.2 Å². The van der Waals surface area contributed by atoms with Crippen LogP contribution in [0.1, 0.15) is 34.3 Å². The third-order valence-corrected chi connectivity index (χ3v) is 6.78. The number of H-pyrrole nitrogens is 1. The van der Waals surface area contributed by atoms with E-state index in [1.165, 1.54) is 18.2 Å². The molecule has 0 saturated heterocycles. The lowest BCUT2D eigenvalue weighted by molar-refractivity contribution is 0.0699. The number of rotatable bonds is 5. The molecule has 10 heteroatoms. The number of imidazole rings is 1. The van der Waals surface area contributed by atoms with Crippen LogP contribution in [-0.4, -0.2) is 33.7 Å². The highest BCUT2D eigenvalue weighted by Crippen LogP contribution is 2.46. The van der Waals surface area contributed by atoms with Crippen LogP contribution in [0.4, 0.5) is 20.8 Å². The van der Waals surface area contributed by atoms with E-state index < -0.39 is 23.5 Å². The average molecular weight is 507 g/mol. The zero-order valence-electron chi connectivity index (χ0n) is 18.8. The van der Waals surface area contributed by atoms with E-state index >= 15 is 4.39 Å². The highest BCUT2D eigenvalue weighted by Gasteiger charge is 2.51. The van der Waals surface area contributed by atoms with Crippen molar-refractivity contribution in [1.82, 2.24) is 9.97 Å². The van der Waals surface area contributed by atoms with Gasteiger partial charge in [0.1, 0.15) is 0 Å². The molecule has 1 aliphatic carbocycles. The zero-order valence-corrected chi connectivity index (χ0v) is 19.6. The molecule has 4 aromatic rings. The number of hydrogen-bond donors (Lipinski definition) is 3. The normalized spacial score (nSPS) is 19.0. The predicted molar refractivity (Wildman–Crippen MR) is 131 cm³/mol. The Labute approximate surface area is 209 Å². The Balaban J connectivity index is 1.41. The van der Waals surface area contributed by atoms with Gasteiger partial charge in [0, 0.05) is 16.7 Å². The van der Waals surface area contributed by atoms with Gasteiger partial charge in [0.05, 0.1) is 28.4 Å². The Morgan fingerprint density at radius 2 is 2.03 bits per heavy atom. The van der Waals surface area contributed by atoms with Crippen molar-refractivity contribution in [2.24, 2.45) is 5.92 Å². The summed E-state index contributed by atoms with van der Waals surface area (Å²) in [5.41, 5.74) is -0.356. The second kappa shape index (κ2) is 8.32. The summed E-state index contributed by atoms with van der Waals surface area (Å²) in [6.45, 7) is 0.368. The lowest BCUT2D eigenvalue weighted by Crippen LogP contribution is -2.45. The first-order valence-corrected chi connectivity index (χ1v) is 11.8. The van der Waals surface area contributed by atoms with Crippen molar-refractivity contribution in [3.8, 4) is 0 Å². The van der Waals surface area contributed by atoms with Gasteiger partial charge in [-0.1, -0.05) is 41.9 Å². The molecule has 6 rings (SSSR count). The van der Waals surface area contributed by atoms with Gasteiger partial charge in [-0.3, -0.25) is 15.0 Å². The molecule has 2 amide bonds. The fourth-order valence-corrected chi connectivity index (χ4v) is 4.66. The van der Waals surface area contributed by atoms with E-state index in [0.29, 0.717) is 34.7 Å². The summed E-state index contributed by atoms with van der Waals surface area (Å²) < 4.78 is 20.3. The van der Waals surface area contributed by atoms with Crippen LogP contribution in [0, 0.1) is 11.7 Å². The molecule has 1 fully saturated rings. The van der Waals surface area contributed by atoms with Crippen molar-refractivity contribution in [2.45, 2.75) is 18.6 Å². The molecule has 182 valence electrons. The van der Waals surface area contributed by atoms with Crippen LogP contribution in [0.15, 0.2) is 60.7 Å². The van der Waals surface area contributed by atoms with Crippen LogP contribution in [0.3, 0.4) is 0 Å². The van der Waals surface area contributed by atoms with Crippen LogP contribution in [0.25, 0.3) is 11.0 Å². The molecule has 0 radical (unpaired) electrons. The number of aromatic nitrogens is 2. The zero-order chi connectivity index (χ0) is 25.0. The summed E-state index contributed by atoms with van der Waals surface area (Å²) in [6, 6.07) is 15.7. The van der Waals surface area contributed by atoms with Gasteiger partial charge in [-0.15, -0.1) is 0 Å². The van der Waals surface area contributed by atoms with Crippen LogP contribution in [0.5, 0.6) is 0 Å². The van der Waals surface area contributed by atoms with E-state index in [1.54, 1.807) is 42.5 Å². The number of ether oxygens (including phenoxy) is 1. The Bertz CT molecular complexity index is 1540. The Hall–Kier alpha value is -3.95. The highest BCUT2D eigenvalue weighted by molar-refractivity contribution is 6.31. The quantitative estimate of drug-likeness (QED) is 0.346. The SMILES string of the molecule is O=C(Nc1nc2ccc(C3(O)c4ccccc4C(=O)N3c3cccc(Cl)c3F)cc2[nH]1)OCC1CC1. The van der Waals surface area contributed by atoms with Crippen molar-refractivity contribution < 1.29 is 23.8 Å². The van der Waals surface area contributed by atoms with Crippen molar-refractivity contribution in [2.75, 3.05) is 16.8 Å². The lowest BCUT2D eigenvalue weighted by Gasteiger charge is -2.35. The summed E-state index contributed by atoms with van der Waals surface area (Å²) >= 11 is 6.00. The smallest absolute Gasteiger partial charge is 0.413 e. The molecule has 8 nitrogen and oxygen atoms in total. The summed E-state index contributed by atoms with van der Waals surface area (Å²) in [7, 11) is 0. The molecule has 0 spiro atoms. The van der Waals surface area contributed by atoms with E-state index in [0.717, 1.165) is 17.7 Å². The molecule has 3 N–H and O–H groups in total.